The molecule has 0 bridgehead atoms. The fourth-order valence-corrected chi connectivity index (χ4v) is 1.93. The van der Waals surface area contributed by atoms with Crippen molar-refractivity contribution in [3.63, 3.8) is 0 Å². The first kappa shape index (κ1) is 10.4. The molecule has 0 saturated carbocycles. The second-order valence-corrected chi connectivity index (χ2v) is 3.95. The van der Waals surface area contributed by atoms with E-state index < -0.39 is 0 Å². The minimum Gasteiger partial charge on any atom is -0.379 e. The van der Waals surface area contributed by atoms with Crippen molar-refractivity contribution in [3.05, 3.63) is 0 Å². The van der Waals surface area contributed by atoms with E-state index in [1.807, 2.05) is 0 Å². The summed E-state index contributed by atoms with van der Waals surface area (Å²) in [5.41, 5.74) is 0. The van der Waals surface area contributed by atoms with Crippen LogP contribution in [0.25, 0.3) is 0 Å². The number of nitrogens with zero attached hydrogens (tertiary/aromatic N) is 1. The van der Waals surface area contributed by atoms with Crippen molar-refractivity contribution >= 4 is 0 Å². The van der Waals surface area contributed by atoms with Gasteiger partial charge in [0.2, 0.25) is 0 Å². The molecule has 2 saturated heterocycles. The number of ether oxygens (including phenoxy) is 2. The van der Waals surface area contributed by atoms with Crippen molar-refractivity contribution in [2.24, 2.45) is 0 Å². The lowest BCUT2D eigenvalue weighted by Crippen LogP contribution is -2.44. The molecular formula is C10H20N2O2. The molecule has 4 heteroatoms. The average molecular weight is 200 g/mol. The molecule has 4 nitrogen and oxygen atoms in total. The Labute approximate surface area is 85.5 Å². The Morgan fingerprint density at radius 1 is 1.36 bits per heavy atom. The Morgan fingerprint density at radius 2 is 2.21 bits per heavy atom. The van der Waals surface area contributed by atoms with Gasteiger partial charge in [0, 0.05) is 39.3 Å². The monoisotopic (exact) mass is 200 g/mol. The molecule has 14 heavy (non-hydrogen) atoms. The predicted octanol–water partition coefficient (Wildman–Crippen LogP) is -0.303. The fraction of sp³-hybridized carbons (Fsp3) is 1.00. The van der Waals surface area contributed by atoms with E-state index in [1.54, 1.807) is 0 Å². The maximum absolute atomic E-state index is 5.72. The van der Waals surface area contributed by atoms with E-state index in [0.717, 1.165) is 59.0 Å². The number of rotatable bonds is 4. The van der Waals surface area contributed by atoms with Gasteiger partial charge in [-0.05, 0) is 6.42 Å². The largest absolute Gasteiger partial charge is 0.379 e. The van der Waals surface area contributed by atoms with Crippen LogP contribution in [0.15, 0.2) is 0 Å². The van der Waals surface area contributed by atoms with Gasteiger partial charge in [0.05, 0.1) is 19.3 Å². The van der Waals surface area contributed by atoms with Gasteiger partial charge in [-0.2, -0.15) is 0 Å². The van der Waals surface area contributed by atoms with Crippen LogP contribution in [-0.2, 0) is 9.47 Å². The molecule has 2 fully saturated rings. The predicted molar refractivity (Wildman–Crippen MR) is 54.5 cm³/mol. The van der Waals surface area contributed by atoms with E-state index in [0.29, 0.717) is 6.10 Å². The van der Waals surface area contributed by atoms with Gasteiger partial charge in [-0.1, -0.05) is 0 Å². The molecule has 0 spiro atoms. The van der Waals surface area contributed by atoms with E-state index in [9.17, 15) is 0 Å². The molecule has 2 rings (SSSR count). The summed E-state index contributed by atoms with van der Waals surface area (Å²) < 4.78 is 11.0. The normalized spacial score (nSPS) is 29.6. The van der Waals surface area contributed by atoms with Gasteiger partial charge >= 0.3 is 0 Å². The van der Waals surface area contributed by atoms with Gasteiger partial charge in [-0.15, -0.1) is 0 Å². The summed E-state index contributed by atoms with van der Waals surface area (Å²) in [7, 11) is 0. The topological polar surface area (TPSA) is 33.7 Å². The van der Waals surface area contributed by atoms with Crippen LogP contribution in [0.2, 0.25) is 0 Å². The standard InChI is InChI=1S/C10H20N2O2/c1-7-13-9-10(1)14-8-6-12-4-2-11-3-5-12/h10-11H,1-9H2. The molecule has 0 radical (unpaired) electrons. The van der Waals surface area contributed by atoms with Crippen LogP contribution in [0.1, 0.15) is 6.42 Å². The first-order chi connectivity index (χ1) is 6.95. The molecule has 1 unspecified atom stereocenters. The number of piperazine rings is 1. The second-order valence-electron chi connectivity index (χ2n) is 3.95. The molecule has 1 N–H and O–H groups in total. The Bertz CT molecular complexity index is 154. The molecular weight excluding hydrogens is 180 g/mol. The van der Waals surface area contributed by atoms with Crippen LogP contribution >= 0.6 is 0 Å². The van der Waals surface area contributed by atoms with Crippen LogP contribution in [-0.4, -0.2) is 63.5 Å². The number of nitrogens with one attached hydrogen (secondary N) is 1. The highest BCUT2D eigenvalue weighted by molar-refractivity contribution is 4.68. The lowest BCUT2D eigenvalue weighted by atomic mass is 10.3. The lowest BCUT2D eigenvalue weighted by Gasteiger charge is -2.27. The number of hydrogen-bond donors (Lipinski definition) is 1. The summed E-state index contributed by atoms with van der Waals surface area (Å²) in [6.45, 7) is 8.14. The van der Waals surface area contributed by atoms with Crippen molar-refractivity contribution in [1.82, 2.24) is 10.2 Å². The first-order valence-electron chi connectivity index (χ1n) is 5.57. The third-order valence-electron chi connectivity index (χ3n) is 2.86. The third kappa shape index (κ3) is 3.20. The van der Waals surface area contributed by atoms with Crippen LogP contribution in [0, 0.1) is 0 Å². The SMILES string of the molecule is C1CN(CCOC2CCOC2)CCN1. The number of hydrogen-bond acceptors (Lipinski definition) is 4. The summed E-state index contributed by atoms with van der Waals surface area (Å²) in [6.07, 6.45) is 1.43. The summed E-state index contributed by atoms with van der Waals surface area (Å²) in [4.78, 5) is 2.45. The summed E-state index contributed by atoms with van der Waals surface area (Å²) in [5, 5.41) is 3.34. The average Bonchev–Trinajstić information content (AvgIpc) is 2.72. The van der Waals surface area contributed by atoms with Crippen molar-refractivity contribution < 1.29 is 9.47 Å². The Hall–Kier alpha value is -0.160. The Balaban J connectivity index is 1.52. The second kappa shape index (κ2) is 5.66. The fourth-order valence-electron chi connectivity index (χ4n) is 1.93. The summed E-state index contributed by atoms with van der Waals surface area (Å²) >= 11 is 0. The Morgan fingerprint density at radius 3 is 2.93 bits per heavy atom. The molecule has 1 atom stereocenters. The van der Waals surface area contributed by atoms with Crippen LogP contribution in [0.3, 0.4) is 0 Å². The van der Waals surface area contributed by atoms with E-state index in [-0.39, 0.29) is 0 Å². The zero-order chi connectivity index (χ0) is 9.64. The van der Waals surface area contributed by atoms with Gasteiger partial charge in [0.25, 0.3) is 0 Å². The molecule has 0 aliphatic carbocycles. The van der Waals surface area contributed by atoms with Crippen LogP contribution in [0.4, 0.5) is 0 Å². The van der Waals surface area contributed by atoms with Gasteiger partial charge in [0.1, 0.15) is 0 Å². The van der Waals surface area contributed by atoms with E-state index in [4.69, 9.17) is 9.47 Å². The molecule has 0 aromatic carbocycles. The first-order valence-corrected chi connectivity index (χ1v) is 5.57. The van der Waals surface area contributed by atoms with E-state index in [2.05, 4.69) is 10.2 Å². The van der Waals surface area contributed by atoms with E-state index in [1.165, 1.54) is 0 Å². The van der Waals surface area contributed by atoms with Crippen molar-refractivity contribution in [1.29, 1.82) is 0 Å². The van der Waals surface area contributed by atoms with Crippen molar-refractivity contribution in [2.45, 2.75) is 12.5 Å². The highest BCUT2D eigenvalue weighted by atomic mass is 16.5. The lowest BCUT2D eigenvalue weighted by molar-refractivity contribution is 0.0282. The highest BCUT2D eigenvalue weighted by Crippen LogP contribution is 2.07. The minimum atomic E-state index is 0.359. The summed E-state index contributed by atoms with van der Waals surface area (Å²) in [6, 6.07) is 0. The van der Waals surface area contributed by atoms with Crippen LogP contribution in [0.5, 0.6) is 0 Å². The summed E-state index contributed by atoms with van der Waals surface area (Å²) in [5.74, 6) is 0. The zero-order valence-corrected chi connectivity index (χ0v) is 8.71. The zero-order valence-electron chi connectivity index (χ0n) is 8.71. The molecule has 82 valence electrons. The van der Waals surface area contributed by atoms with Crippen molar-refractivity contribution in [2.75, 3.05) is 52.5 Å². The Kier molecular flexibility index (Phi) is 4.19. The smallest absolute Gasteiger partial charge is 0.0831 e. The maximum Gasteiger partial charge on any atom is 0.0831 e. The van der Waals surface area contributed by atoms with Gasteiger partial charge < -0.3 is 14.8 Å². The van der Waals surface area contributed by atoms with E-state index >= 15 is 0 Å². The third-order valence-corrected chi connectivity index (χ3v) is 2.86. The van der Waals surface area contributed by atoms with Gasteiger partial charge in [0.15, 0.2) is 0 Å². The molecule has 2 aliphatic heterocycles. The highest BCUT2D eigenvalue weighted by Gasteiger charge is 2.16. The van der Waals surface area contributed by atoms with Gasteiger partial charge in [-0.25, -0.2) is 0 Å². The molecule has 2 heterocycles. The van der Waals surface area contributed by atoms with Crippen molar-refractivity contribution in [3.8, 4) is 0 Å². The van der Waals surface area contributed by atoms with Gasteiger partial charge in [-0.3, -0.25) is 4.90 Å². The molecule has 0 aromatic heterocycles. The maximum atomic E-state index is 5.72. The quantitative estimate of drug-likeness (QED) is 0.675. The van der Waals surface area contributed by atoms with Crippen LogP contribution < -0.4 is 5.32 Å². The molecule has 0 amide bonds. The molecule has 0 aromatic rings. The molecule has 2 aliphatic rings. The minimum absolute atomic E-state index is 0.359.